The van der Waals surface area contributed by atoms with Crippen molar-refractivity contribution >= 4 is 11.9 Å². The molecule has 1 amide bonds. The Bertz CT molecular complexity index is 803. The van der Waals surface area contributed by atoms with Crippen LogP contribution in [0.25, 0.3) is 0 Å². The van der Waals surface area contributed by atoms with E-state index in [1.807, 2.05) is 24.8 Å². The Morgan fingerprint density at radius 3 is 2.84 bits per heavy atom. The highest BCUT2D eigenvalue weighted by Crippen LogP contribution is 2.20. The summed E-state index contributed by atoms with van der Waals surface area (Å²) >= 11 is 0. The summed E-state index contributed by atoms with van der Waals surface area (Å²) in [6, 6.07) is 3.69. The SMILES string of the molecule is Cc1cc(C)c(CNC(=O)C2CCCN(c3ncccn3)C2)c(=O)[nH]1. The molecule has 2 N–H and O–H groups in total. The van der Waals surface area contributed by atoms with Gasteiger partial charge in [-0.05, 0) is 44.4 Å². The molecule has 0 bridgehead atoms. The summed E-state index contributed by atoms with van der Waals surface area (Å²) in [7, 11) is 0. The second kappa shape index (κ2) is 7.46. The second-order valence-electron chi connectivity index (χ2n) is 6.49. The topological polar surface area (TPSA) is 91.0 Å². The van der Waals surface area contributed by atoms with E-state index >= 15 is 0 Å². The average molecular weight is 341 g/mol. The van der Waals surface area contributed by atoms with E-state index in [-0.39, 0.29) is 23.9 Å². The number of carbonyl (C=O) groups excluding carboxylic acids is 1. The van der Waals surface area contributed by atoms with Crippen LogP contribution < -0.4 is 15.8 Å². The molecule has 7 heteroatoms. The molecule has 1 fully saturated rings. The van der Waals surface area contributed by atoms with Crippen molar-refractivity contribution in [1.82, 2.24) is 20.3 Å². The van der Waals surface area contributed by atoms with Gasteiger partial charge < -0.3 is 15.2 Å². The molecule has 2 aromatic heterocycles. The minimum Gasteiger partial charge on any atom is -0.352 e. The number of aromatic nitrogens is 3. The van der Waals surface area contributed by atoms with Crippen LogP contribution in [0.2, 0.25) is 0 Å². The number of nitrogens with zero attached hydrogens (tertiary/aromatic N) is 3. The van der Waals surface area contributed by atoms with Crippen LogP contribution in [0.1, 0.15) is 29.7 Å². The number of pyridine rings is 1. The maximum atomic E-state index is 12.5. The van der Waals surface area contributed by atoms with Crippen molar-refractivity contribution in [3.8, 4) is 0 Å². The Morgan fingerprint density at radius 1 is 1.36 bits per heavy atom. The van der Waals surface area contributed by atoms with Gasteiger partial charge in [0.15, 0.2) is 0 Å². The second-order valence-corrected chi connectivity index (χ2v) is 6.49. The van der Waals surface area contributed by atoms with E-state index in [1.165, 1.54) is 0 Å². The number of amides is 1. The Labute approximate surface area is 146 Å². The van der Waals surface area contributed by atoms with Crippen molar-refractivity contribution < 1.29 is 4.79 Å². The van der Waals surface area contributed by atoms with Gasteiger partial charge in [0.1, 0.15) is 0 Å². The first-order valence-corrected chi connectivity index (χ1v) is 8.53. The van der Waals surface area contributed by atoms with Crippen LogP contribution in [0.15, 0.2) is 29.3 Å². The molecule has 0 saturated carbocycles. The van der Waals surface area contributed by atoms with Crippen LogP contribution in [-0.4, -0.2) is 33.9 Å². The van der Waals surface area contributed by atoms with Crippen LogP contribution in [0, 0.1) is 19.8 Å². The van der Waals surface area contributed by atoms with Crippen molar-refractivity contribution in [3.05, 3.63) is 51.7 Å². The van der Waals surface area contributed by atoms with E-state index in [0.29, 0.717) is 18.1 Å². The molecule has 0 radical (unpaired) electrons. The first-order chi connectivity index (χ1) is 12.0. The highest BCUT2D eigenvalue weighted by Gasteiger charge is 2.27. The average Bonchev–Trinajstić information content (AvgIpc) is 2.61. The van der Waals surface area contributed by atoms with Crippen molar-refractivity contribution in [2.45, 2.75) is 33.2 Å². The number of aryl methyl sites for hydroxylation is 2. The predicted molar refractivity (Wildman–Crippen MR) is 95.4 cm³/mol. The largest absolute Gasteiger partial charge is 0.352 e. The molecule has 3 heterocycles. The summed E-state index contributed by atoms with van der Waals surface area (Å²) in [5, 5.41) is 2.92. The summed E-state index contributed by atoms with van der Waals surface area (Å²) in [6.45, 7) is 5.43. The van der Waals surface area contributed by atoms with Crippen molar-refractivity contribution in [1.29, 1.82) is 0 Å². The fourth-order valence-corrected chi connectivity index (χ4v) is 3.25. The maximum Gasteiger partial charge on any atom is 0.253 e. The normalized spacial score (nSPS) is 17.4. The van der Waals surface area contributed by atoms with Crippen LogP contribution in [0.4, 0.5) is 5.95 Å². The lowest BCUT2D eigenvalue weighted by Crippen LogP contribution is -2.44. The summed E-state index contributed by atoms with van der Waals surface area (Å²) in [5.41, 5.74) is 2.19. The molecule has 3 rings (SSSR count). The molecule has 1 aliphatic rings. The van der Waals surface area contributed by atoms with E-state index in [2.05, 4.69) is 20.3 Å². The van der Waals surface area contributed by atoms with Crippen molar-refractivity contribution in [3.63, 3.8) is 0 Å². The number of hydrogen-bond donors (Lipinski definition) is 2. The Balaban J connectivity index is 1.63. The van der Waals surface area contributed by atoms with Gasteiger partial charge in [0.25, 0.3) is 5.56 Å². The van der Waals surface area contributed by atoms with Crippen LogP contribution in [0.5, 0.6) is 0 Å². The Hall–Kier alpha value is -2.70. The predicted octanol–water partition coefficient (Wildman–Crippen LogP) is 1.31. The maximum absolute atomic E-state index is 12.5. The smallest absolute Gasteiger partial charge is 0.253 e. The molecular weight excluding hydrogens is 318 g/mol. The minimum absolute atomic E-state index is 0.0278. The Kier molecular flexibility index (Phi) is 5.11. The molecule has 1 aliphatic heterocycles. The quantitative estimate of drug-likeness (QED) is 0.875. The molecule has 1 atom stereocenters. The van der Waals surface area contributed by atoms with Gasteiger partial charge in [-0.15, -0.1) is 0 Å². The molecular formula is C18H23N5O2. The van der Waals surface area contributed by atoms with Gasteiger partial charge in [-0.1, -0.05) is 0 Å². The van der Waals surface area contributed by atoms with E-state index in [0.717, 1.165) is 30.6 Å². The first kappa shape index (κ1) is 17.1. The van der Waals surface area contributed by atoms with E-state index in [1.54, 1.807) is 18.5 Å². The third-order valence-corrected chi connectivity index (χ3v) is 4.56. The van der Waals surface area contributed by atoms with E-state index < -0.39 is 0 Å². The van der Waals surface area contributed by atoms with Gasteiger partial charge in [0.2, 0.25) is 11.9 Å². The molecule has 7 nitrogen and oxygen atoms in total. The highest BCUT2D eigenvalue weighted by atomic mass is 16.2. The lowest BCUT2D eigenvalue weighted by atomic mass is 9.97. The number of nitrogens with one attached hydrogen (secondary N) is 2. The zero-order valence-electron chi connectivity index (χ0n) is 14.6. The fourth-order valence-electron chi connectivity index (χ4n) is 3.25. The summed E-state index contributed by atoms with van der Waals surface area (Å²) < 4.78 is 0. The number of anilines is 1. The third kappa shape index (κ3) is 4.04. The third-order valence-electron chi connectivity index (χ3n) is 4.56. The minimum atomic E-state index is -0.138. The summed E-state index contributed by atoms with van der Waals surface area (Å²) in [4.78, 5) is 37.9. The van der Waals surface area contributed by atoms with Crippen LogP contribution in [-0.2, 0) is 11.3 Å². The molecule has 0 aliphatic carbocycles. The molecule has 2 aromatic rings. The number of piperidine rings is 1. The van der Waals surface area contributed by atoms with Crippen LogP contribution >= 0.6 is 0 Å². The van der Waals surface area contributed by atoms with Gasteiger partial charge in [-0.3, -0.25) is 9.59 Å². The number of carbonyl (C=O) groups is 1. The number of aromatic amines is 1. The standard InChI is InChI=1S/C18H23N5O2/c1-12-9-13(2)22-17(25)15(12)10-21-16(24)14-5-3-8-23(11-14)18-19-6-4-7-20-18/h4,6-7,9,14H,3,5,8,10-11H2,1-2H3,(H,21,24)(H,22,25). The number of hydrogen-bond acceptors (Lipinski definition) is 5. The monoisotopic (exact) mass is 341 g/mol. The molecule has 132 valence electrons. The lowest BCUT2D eigenvalue weighted by molar-refractivity contribution is -0.125. The van der Waals surface area contributed by atoms with Gasteiger partial charge in [0, 0.05) is 43.3 Å². The van der Waals surface area contributed by atoms with E-state index in [4.69, 9.17) is 0 Å². The number of rotatable bonds is 4. The molecule has 0 spiro atoms. The van der Waals surface area contributed by atoms with E-state index in [9.17, 15) is 9.59 Å². The number of H-pyrrole nitrogens is 1. The van der Waals surface area contributed by atoms with Gasteiger partial charge in [-0.2, -0.15) is 0 Å². The van der Waals surface area contributed by atoms with Crippen molar-refractivity contribution in [2.75, 3.05) is 18.0 Å². The summed E-state index contributed by atoms with van der Waals surface area (Å²) in [6.07, 6.45) is 5.16. The molecule has 1 saturated heterocycles. The zero-order valence-corrected chi connectivity index (χ0v) is 14.6. The van der Waals surface area contributed by atoms with Crippen LogP contribution in [0.3, 0.4) is 0 Å². The van der Waals surface area contributed by atoms with Gasteiger partial charge in [0.05, 0.1) is 5.92 Å². The van der Waals surface area contributed by atoms with Gasteiger partial charge in [-0.25, -0.2) is 9.97 Å². The Morgan fingerprint density at radius 2 is 2.12 bits per heavy atom. The van der Waals surface area contributed by atoms with Crippen molar-refractivity contribution in [2.24, 2.45) is 5.92 Å². The molecule has 1 unspecified atom stereocenters. The molecule has 0 aromatic carbocycles. The highest BCUT2D eigenvalue weighted by molar-refractivity contribution is 5.79. The van der Waals surface area contributed by atoms with Gasteiger partial charge >= 0.3 is 0 Å². The molecule has 25 heavy (non-hydrogen) atoms. The summed E-state index contributed by atoms with van der Waals surface area (Å²) in [5.74, 6) is 0.508. The first-order valence-electron chi connectivity index (χ1n) is 8.53. The fraction of sp³-hybridized carbons (Fsp3) is 0.444. The lowest BCUT2D eigenvalue weighted by Gasteiger charge is -2.31. The zero-order chi connectivity index (χ0) is 17.8.